The molecule has 0 radical (unpaired) electrons. The summed E-state index contributed by atoms with van der Waals surface area (Å²) in [5, 5.41) is 8.07. The maximum atomic E-state index is 15.4. The van der Waals surface area contributed by atoms with E-state index in [1.807, 2.05) is 76.2 Å². The summed E-state index contributed by atoms with van der Waals surface area (Å²) in [7, 11) is 0. The summed E-state index contributed by atoms with van der Waals surface area (Å²) in [5.41, 5.74) is 3.34. The number of Topliss-reactive ketones (excluding diaryl/α,β-unsaturated/α-hetero) is 1. The second kappa shape index (κ2) is 14.2. The van der Waals surface area contributed by atoms with Crippen LogP contribution < -0.4 is 29.6 Å². The highest BCUT2D eigenvalue weighted by Gasteiger charge is 2.62. The van der Waals surface area contributed by atoms with Crippen LogP contribution in [0.25, 0.3) is 0 Å². The molecule has 4 unspecified atom stereocenters. The molecule has 7 nitrogen and oxygen atoms in total. The van der Waals surface area contributed by atoms with Gasteiger partial charge in [-0.05, 0) is 105 Å². The number of benzene rings is 4. The molecule has 0 aromatic heterocycles. The summed E-state index contributed by atoms with van der Waals surface area (Å²) < 4.78 is 23.1. The van der Waals surface area contributed by atoms with Crippen LogP contribution in [-0.2, 0) is 4.79 Å². The molecule has 246 valence electrons. The maximum Gasteiger partial charge on any atom is 0.149 e. The Morgan fingerprint density at radius 3 is 1.04 bits per heavy atom. The molecule has 4 aromatic carbocycles. The first kappa shape index (κ1) is 32.6. The minimum atomic E-state index is -0.825. The average Bonchev–Trinajstić information content (AvgIpc) is 3.09. The van der Waals surface area contributed by atoms with Crippen molar-refractivity contribution in [3.8, 4) is 23.0 Å². The van der Waals surface area contributed by atoms with Crippen molar-refractivity contribution in [1.29, 1.82) is 0 Å². The van der Waals surface area contributed by atoms with E-state index in [2.05, 4.69) is 66.1 Å². The van der Waals surface area contributed by atoms with E-state index < -0.39 is 5.41 Å². The van der Waals surface area contributed by atoms with E-state index >= 15 is 4.79 Å². The number of carbonyl (C=O) groups is 1. The Balaban J connectivity index is 1.49. The highest BCUT2D eigenvalue weighted by Crippen LogP contribution is 2.58. The Labute approximate surface area is 278 Å². The number of ether oxygens (including phenoxy) is 4. The van der Waals surface area contributed by atoms with Gasteiger partial charge in [0.25, 0.3) is 0 Å². The zero-order valence-electron chi connectivity index (χ0n) is 28.0. The van der Waals surface area contributed by atoms with Gasteiger partial charge < -0.3 is 29.6 Å². The maximum absolute atomic E-state index is 15.4. The molecule has 4 atom stereocenters. The lowest BCUT2D eigenvalue weighted by Gasteiger charge is -2.58. The van der Waals surface area contributed by atoms with Crippen molar-refractivity contribution in [2.75, 3.05) is 26.4 Å². The van der Waals surface area contributed by atoms with Crippen molar-refractivity contribution in [3.63, 3.8) is 0 Å². The first-order chi connectivity index (χ1) is 22.9. The van der Waals surface area contributed by atoms with E-state index in [9.17, 15) is 0 Å². The molecule has 4 aromatic rings. The third kappa shape index (κ3) is 6.34. The third-order valence-corrected chi connectivity index (χ3v) is 9.59. The summed E-state index contributed by atoms with van der Waals surface area (Å²) in [6.07, 6.45) is 0. The first-order valence-electron chi connectivity index (χ1n) is 16.9. The van der Waals surface area contributed by atoms with Crippen LogP contribution >= 0.6 is 0 Å². The van der Waals surface area contributed by atoms with Crippen LogP contribution in [0.4, 0.5) is 0 Å². The topological polar surface area (TPSA) is 78.1 Å². The molecule has 7 heteroatoms. The standard InChI is InChI=1S/C40H46N2O5/c1-6-44-30-18-10-26(11-19-30)35-34-36(27-12-20-31(21-13-27)45-7-2)42-38(29-16-24-33(25-17-29)47-9-4)40(5,39(34)43)37(41-35)28-14-22-32(23-15-28)46-8-3/h10-25,34-38,41-42H,6-9H2,1-5H3. The van der Waals surface area contributed by atoms with Crippen LogP contribution in [0.3, 0.4) is 0 Å². The van der Waals surface area contributed by atoms with E-state index in [1.165, 1.54) is 0 Å². The van der Waals surface area contributed by atoms with Gasteiger partial charge in [0.2, 0.25) is 0 Å². The molecule has 6 rings (SSSR count). The van der Waals surface area contributed by atoms with E-state index in [1.54, 1.807) is 0 Å². The number of fused-ring (bicyclic) bond motifs is 2. The Morgan fingerprint density at radius 1 is 0.489 bits per heavy atom. The fourth-order valence-electron chi connectivity index (χ4n) is 7.43. The second-order valence-electron chi connectivity index (χ2n) is 12.3. The predicted octanol–water partition coefficient (Wildman–Crippen LogP) is 7.94. The van der Waals surface area contributed by atoms with Gasteiger partial charge in [-0.2, -0.15) is 0 Å². The number of nitrogens with one attached hydrogen (secondary N) is 2. The number of ketones is 1. The van der Waals surface area contributed by atoms with Gasteiger partial charge in [0.05, 0.1) is 37.8 Å². The molecule has 2 heterocycles. The molecule has 2 aliphatic heterocycles. The molecule has 0 spiro atoms. The largest absolute Gasteiger partial charge is 0.494 e. The number of hydrogen-bond acceptors (Lipinski definition) is 7. The van der Waals surface area contributed by atoms with Crippen LogP contribution in [0.2, 0.25) is 0 Å². The van der Waals surface area contributed by atoms with Gasteiger partial charge in [-0.25, -0.2) is 0 Å². The lowest BCUT2D eigenvalue weighted by atomic mass is 9.56. The molecule has 2 bridgehead atoms. The van der Waals surface area contributed by atoms with E-state index in [4.69, 9.17) is 18.9 Å². The van der Waals surface area contributed by atoms with Crippen LogP contribution in [-0.4, -0.2) is 32.2 Å². The van der Waals surface area contributed by atoms with Crippen molar-refractivity contribution in [1.82, 2.24) is 10.6 Å². The van der Waals surface area contributed by atoms with Crippen LogP contribution in [0.1, 0.15) is 81.0 Å². The fourth-order valence-corrected chi connectivity index (χ4v) is 7.43. The van der Waals surface area contributed by atoms with E-state index in [0.717, 1.165) is 45.3 Å². The SMILES string of the molecule is CCOc1ccc(C2NC(c3ccc(OCC)cc3)C3(C)C(=O)C2C(c2ccc(OCC)cc2)NC3c2ccc(OCC)cc2)cc1. The Bertz CT molecular complexity index is 1510. The second-order valence-corrected chi connectivity index (χ2v) is 12.3. The molecule has 0 aliphatic carbocycles. The lowest BCUT2D eigenvalue weighted by molar-refractivity contribution is -0.150. The zero-order valence-corrected chi connectivity index (χ0v) is 28.0. The average molecular weight is 635 g/mol. The van der Waals surface area contributed by atoms with Gasteiger partial charge in [-0.1, -0.05) is 48.5 Å². The third-order valence-electron chi connectivity index (χ3n) is 9.59. The monoisotopic (exact) mass is 634 g/mol. The lowest BCUT2D eigenvalue weighted by Crippen LogP contribution is -2.65. The molecule has 2 aliphatic rings. The van der Waals surface area contributed by atoms with E-state index in [-0.39, 0.29) is 35.9 Å². The van der Waals surface area contributed by atoms with Gasteiger partial charge >= 0.3 is 0 Å². The number of piperidine rings is 2. The van der Waals surface area contributed by atoms with E-state index in [0.29, 0.717) is 26.4 Å². The molecule has 2 saturated heterocycles. The molecular weight excluding hydrogens is 588 g/mol. The number of carbonyl (C=O) groups excluding carboxylic acids is 1. The van der Waals surface area contributed by atoms with Crippen molar-refractivity contribution >= 4 is 5.78 Å². The molecule has 2 fully saturated rings. The van der Waals surface area contributed by atoms with Crippen molar-refractivity contribution < 1.29 is 23.7 Å². The van der Waals surface area contributed by atoms with Gasteiger partial charge in [0, 0.05) is 24.2 Å². The first-order valence-corrected chi connectivity index (χ1v) is 16.9. The molecule has 2 N–H and O–H groups in total. The van der Waals surface area contributed by atoms with Gasteiger partial charge in [-0.3, -0.25) is 4.79 Å². The van der Waals surface area contributed by atoms with Gasteiger partial charge in [0.1, 0.15) is 28.8 Å². The van der Waals surface area contributed by atoms with Crippen LogP contribution in [0.15, 0.2) is 97.1 Å². The van der Waals surface area contributed by atoms with Gasteiger partial charge in [-0.15, -0.1) is 0 Å². The quantitative estimate of drug-likeness (QED) is 0.164. The van der Waals surface area contributed by atoms with Crippen molar-refractivity contribution in [3.05, 3.63) is 119 Å². The Hall–Kier alpha value is -4.33. The Morgan fingerprint density at radius 2 is 0.766 bits per heavy atom. The fraction of sp³-hybridized carbons (Fsp3) is 0.375. The minimum absolute atomic E-state index is 0.227. The van der Waals surface area contributed by atoms with Gasteiger partial charge in [0.15, 0.2) is 0 Å². The molecule has 0 amide bonds. The summed E-state index contributed by atoms with van der Waals surface area (Å²) >= 11 is 0. The normalized spacial score (nSPS) is 25.2. The van der Waals surface area contributed by atoms with Crippen LogP contribution in [0.5, 0.6) is 23.0 Å². The number of hydrogen-bond donors (Lipinski definition) is 2. The van der Waals surface area contributed by atoms with Crippen molar-refractivity contribution in [2.45, 2.75) is 58.8 Å². The summed E-state index contributed by atoms with van der Waals surface area (Å²) in [4.78, 5) is 15.4. The summed E-state index contributed by atoms with van der Waals surface area (Å²) in [6.45, 7) is 12.4. The summed E-state index contributed by atoms with van der Waals surface area (Å²) in [6, 6.07) is 31.6. The van der Waals surface area contributed by atoms with Crippen LogP contribution in [0, 0.1) is 11.3 Å². The van der Waals surface area contributed by atoms with Crippen molar-refractivity contribution in [2.24, 2.45) is 11.3 Å². The minimum Gasteiger partial charge on any atom is -0.494 e. The number of rotatable bonds is 12. The Kier molecular flexibility index (Phi) is 9.85. The zero-order chi connectivity index (χ0) is 33.0. The molecule has 0 saturated carbocycles. The molecule has 47 heavy (non-hydrogen) atoms. The smallest absolute Gasteiger partial charge is 0.149 e. The highest BCUT2D eigenvalue weighted by atomic mass is 16.5. The predicted molar refractivity (Wildman–Crippen MR) is 184 cm³/mol. The summed E-state index contributed by atoms with van der Waals surface area (Å²) in [5.74, 6) is 3.09. The highest BCUT2D eigenvalue weighted by molar-refractivity contribution is 5.92. The molecular formula is C40H46N2O5.